The lowest BCUT2D eigenvalue weighted by atomic mass is 9.95. The standard InChI is InChI=1S/C19H27N7O2/c1-24-17(13-25-8-10-28-11-9-25)22-23-18(24)14-4-6-26(7-5-14)19(27)15-2-3-16(20)21-12-15/h2-3,12,14H,4-11,13H2,1H3,(H2,20,21). The number of likely N-dealkylation sites (tertiary alicyclic amines) is 1. The van der Waals surface area contributed by atoms with E-state index in [1.807, 2.05) is 11.9 Å². The summed E-state index contributed by atoms with van der Waals surface area (Å²) in [5.41, 5.74) is 6.19. The lowest BCUT2D eigenvalue weighted by Gasteiger charge is -2.31. The molecule has 0 unspecified atom stereocenters. The van der Waals surface area contributed by atoms with Crippen molar-refractivity contribution in [1.29, 1.82) is 0 Å². The lowest BCUT2D eigenvalue weighted by molar-refractivity contribution is 0.0326. The summed E-state index contributed by atoms with van der Waals surface area (Å²) in [6.07, 6.45) is 3.32. The molecule has 2 fully saturated rings. The van der Waals surface area contributed by atoms with Gasteiger partial charge in [0.2, 0.25) is 0 Å². The molecule has 0 aliphatic carbocycles. The Morgan fingerprint density at radius 1 is 1.18 bits per heavy atom. The topological polar surface area (TPSA) is 102 Å². The maximum absolute atomic E-state index is 12.6. The Balaban J connectivity index is 1.36. The molecule has 0 radical (unpaired) electrons. The van der Waals surface area contributed by atoms with Gasteiger partial charge in [0, 0.05) is 45.3 Å². The van der Waals surface area contributed by atoms with Crippen molar-refractivity contribution >= 4 is 11.7 Å². The van der Waals surface area contributed by atoms with Gasteiger partial charge in [-0.3, -0.25) is 9.69 Å². The Kier molecular flexibility index (Phi) is 5.54. The molecule has 9 nitrogen and oxygen atoms in total. The minimum absolute atomic E-state index is 0.0110. The second-order valence-corrected chi connectivity index (χ2v) is 7.46. The van der Waals surface area contributed by atoms with Crippen LogP contribution in [-0.2, 0) is 18.3 Å². The smallest absolute Gasteiger partial charge is 0.255 e. The molecule has 28 heavy (non-hydrogen) atoms. The van der Waals surface area contributed by atoms with Crippen LogP contribution in [0.1, 0.15) is 40.8 Å². The predicted octanol–water partition coefficient (Wildman–Crippen LogP) is 0.644. The maximum Gasteiger partial charge on any atom is 0.255 e. The number of nitrogen functional groups attached to an aromatic ring is 1. The summed E-state index contributed by atoms with van der Waals surface area (Å²) in [5.74, 6) is 2.76. The molecule has 0 atom stereocenters. The molecule has 150 valence electrons. The number of ether oxygens (including phenoxy) is 1. The molecule has 2 N–H and O–H groups in total. The van der Waals surface area contributed by atoms with Gasteiger partial charge in [-0.1, -0.05) is 0 Å². The summed E-state index contributed by atoms with van der Waals surface area (Å²) in [6.45, 7) is 5.64. The summed E-state index contributed by atoms with van der Waals surface area (Å²) in [4.78, 5) is 20.9. The molecule has 2 aromatic heterocycles. The molecule has 2 aromatic rings. The average molecular weight is 385 g/mol. The third-order valence-corrected chi connectivity index (χ3v) is 5.65. The van der Waals surface area contributed by atoms with Crippen LogP contribution in [0.5, 0.6) is 0 Å². The molecule has 0 bridgehead atoms. The van der Waals surface area contributed by atoms with Crippen LogP contribution in [0, 0.1) is 0 Å². The van der Waals surface area contributed by atoms with Crippen LogP contribution in [0.25, 0.3) is 0 Å². The van der Waals surface area contributed by atoms with Gasteiger partial charge < -0.3 is 19.9 Å². The zero-order valence-corrected chi connectivity index (χ0v) is 16.3. The molecule has 0 saturated carbocycles. The average Bonchev–Trinajstić information content (AvgIpc) is 3.09. The van der Waals surface area contributed by atoms with Crippen molar-refractivity contribution in [2.45, 2.75) is 25.3 Å². The van der Waals surface area contributed by atoms with E-state index in [9.17, 15) is 4.79 Å². The van der Waals surface area contributed by atoms with Crippen molar-refractivity contribution in [2.75, 3.05) is 45.1 Å². The van der Waals surface area contributed by atoms with Crippen LogP contribution in [0.4, 0.5) is 5.82 Å². The van der Waals surface area contributed by atoms with Crippen molar-refractivity contribution in [1.82, 2.24) is 29.5 Å². The number of aromatic nitrogens is 4. The van der Waals surface area contributed by atoms with Gasteiger partial charge in [0.25, 0.3) is 5.91 Å². The van der Waals surface area contributed by atoms with Crippen molar-refractivity contribution in [3.8, 4) is 0 Å². The lowest BCUT2D eigenvalue weighted by Crippen LogP contribution is -2.38. The van der Waals surface area contributed by atoms with E-state index in [2.05, 4.69) is 24.6 Å². The zero-order chi connectivity index (χ0) is 19.5. The number of hydrogen-bond acceptors (Lipinski definition) is 7. The van der Waals surface area contributed by atoms with E-state index in [0.29, 0.717) is 30.4 Å². The summed E-state index contributed by atoms with van der Waals surface area (Å²) >= 11 is 0. The fourth-order valence-corrected chi connectivity index (χ4v) is 3.88. The molecule has 0 aromatic carbocycles. The monoisotopic (exact) mass is 385 g/mol. The highest BCUT2D eigenvalue weighted by atomic mass is 16.5. The molecule has 2 aliphatic rings. The van der Waals surface area contributed by atoms with Crippen LogP contribution in [0.2, 0.25) is 0 Å². The van der Waals surface area contributed by atoms with Crippen molar-refractivity contribution < 1.29 is 9.53 Å². The number of nitrogens with two attached hydrogens (primary N) is 1. The molecule has 2 aliphatic heterocycles. The summed E-state index contributed by atoms with van der Waals surface area (Å²) in [5, 5.41) is 8.90. The van der Waals surface area contributed by atoms with E-state index >= 15 is 0 Å². The molecule has 4 heterocycles. The number of nitrogens with zero attached hydrogens (tertiary/aromatic N) is 6. The number of pyridine rings is 1. The number of anilines is 1. The molecule has 0 spiro atoms. The van der Waals surface area contributed by atoms with Crippen LogP contribution in [-0.4, -0.2) is 74.8 Å². The Hall–Kier alpha value is -2.52. The van der Waals surface area contributed by atoms with Crippen molar-refractivity contribution in [2.24, 2.45) is 7.05 Å². The van der Waals surface area contributed by atoms with Gasteiger partial charge in [-0.25, -0.2) is 4.98 Å². The first-order valence-electron chi connectivity index (χ1n) is 9.81. The zero-order valence-electron chi connectivity index (χ0n) is 16.3. The number of hydrogen-bond donors (Lipinski definition) is 1. The molecule has 2 saturated heterocycles. The Morgan fingerprint density at radius 2 is 1.93 bits per heavy atom. The third-order valence-electron chi connectivity index (χ3n) is 5.65. The first-order chi connectivity index (χ1) is 13.6. The van der Waals surface area contributed by atoms with E-state index in [4.69, 9.17) is 10.5 Å². The fraction of sp³-hybridized carbons (Fsp3) is 0.579. The van der Waals surface area contributed by atoms with Gasteiger partial charge in [0.1, 0.15) is 17.5 Å². The second kappa shape index (κ2) is 8.24. The first kappa shape index (κ1) is 18.8. The number of carbonyl (C=O) groups is 1. The molecular formula is C19H27N7O2. The highest BCUT2D eigenvalue weighted by molar-refractivity contribution is 5.94. The number of amides is 1. The van der Waals surface area contributed by atoms with Gasteiger partial charge in [-0.2, -0.15) is 0 Å². The van der Waals surface area contributed by atoms with Crippen LogP contribution in [0.15, 0.2) is 18.3 Å². The van der Waals surface area contributed by atoms with E-state index in [1.54, 1.807) is 18.3 Å². The van der Waals surface area contributed by atoms with Crippen LogP contribution < -0.4 is 5.73 Å². The molecular weight excluding hydrogens is 358 g/mol. The molecule has 4 rings (SSSR count). The Labute approximate surface area is 164 Å². The largest absolute Gasteiger partial charge is 0.384 e. The number of rotatable bonds is 4. The van der Waals surface area contributed by atoms with E-state index in [0.717, 1.165) is 57.3 Å². The number of piperidine rings is 1. The SMILES string of the molecule is Cn1c(CN2CCOCC2)nnc1C1CCN(C(=O)c2ccc(N)nc2)CC1. The Morgan fingerprint density at radius 3 is 2.61 bits per heavy atom. The summed E-state index contributed by atoms with van der Waals surface area (Å²) < 4.78 is 7.53. The van der Waals surface area contributed by atoms with Gasteiger partial charge in [-0.15, -0.1) is 10.2 Å². The van der Waals surface area contributed by atoms with E-state index in [1.165, 1.54) is 0 Å². The fourth-order valence-electron chi connectivity index (χ4n) is 3.88. The number of carbonyl (C=O) groups excluding carboxylic acids is 1. The number of morpholine rings is 1. The Bertz CT molecular complexity index is 806. The van der Waals surface area contributed by atoms with Gasteiger partial charge >= 0.3 is 0 Å². The molecule has 1 amide bonds. The highest BCUT2D eigenvalue weighted by Crippen LogP contribution is 2.27. The first-order valence-corrected chi connectivity index (χ1v) is 9.81. The minimum Gasteiger partial charge on any atom is -0.384 e. The predicted molar refractivity (Wildman–Crippen MR) is 104 cm³/mol. The van der Waals surface area contributed by atoms with Gasteiger partial charge in [0.15, 0.2) is 0 Å². The summed E-state index contributed by atoms with van der Waals surface area (Å²) in [7, 11) is 2.04. The maximum atomic E-state index is 12.6. The summed E-state index contributed by atoms with van der Waals surface area (Å²) in [6, 6.07) is 3.40. The van der Waals surface area contributed by atoms with E-state index in [-0.39, 0.29) is 5.91 Å². The normalized spacial score (nSPS) is 19.1. The minimum atomic E-state index is 0.0110. The highest BCUT2D eigenvalue weighted by Gasteiger charge is 2.28. The quantitative estimate of drug-likeness (QED) is 0.824. The van der Waals surface area contributed by atoms with Crippen LogP contribution in [0.3, 0.4) is 0 Å². The third kappa shape index (κ3) is 4.00. The van der Waals surface area contributed by atoms with Crippen molar-refractivity contribution in [3.63, 3.8) is 0 Å². The molecule has 9 heteroatoms. The van der Waals surface area contributed by atoms with Crippen LogP contribution >= 0.6 is 0 Å². The van der Waals surface area contributed by atoms with Gasteiger partial charge in [-0.05, 0) is 25.0 Å². The van der Waals surface area contributed by atoms with Gasteiger partial charge in [0.05, 0.1) is 25.3 Å². The van der Waals surface area contributed by atoms with E-state index < -0.39 is 0 Å². The van der Waals surface area contributed by atoms with Crippen molar-refractivity contribution in [3.05, 3.63) is 35.5 Å². The second-order valence-electron chi connectivity index (χ2n) is 7.46.